The smallest absolute Gasteiger partial charge is 0.326 e. The highest BCUT2D eigenvalue weighted by molar-refractivity contribution is 6.07. The van der Waals surface area contributed by atoms with Crippen molar-refractivity contribution >= 4 is 22.7 Å². The van der Waals surface area contributed by atoms with E-state index in [0.29, 0.717) is 17.9 Å². The summed E-state index contributed by atoms with van der Waals surface area (Å²) in [6.45, 7) is 14.8. The van der Waals surface area contributed by atoms with E-state index in [-0.39, 0.29) is 18.3 Å². The van der Waals surface area contributed by atoms with Gasteiger partial charge in [0.25, 0.3) is 0 Å². The number of aromatic nitrogens is 1. The van der Waals surface area contributed by atoms with Gasteiger partial charge in [-0.2, -0.15) is 0 Å². The number of allylic oxidation sites excluding steroid dienone is 2. The first-order chi connectivity index (χ1) is 13.1. The van der Waals surface area contributed by atoms with Crippen molar-refractivity contribution in [2.75, 3.05) is 6.61 Å². The number of Topliss-reactive ketones (excluding diaryl/α,β-unsaturated/α-hetero) is 1. The molecule has 1 aromatic heterocycles. The fraction of sp³-hybridized carbons (Fsp3) is 0.304. The Morgan fingerprint density at radius 1 is 1.21 bits per heavy atom. The predicted octanol–water partition coefficient (Wildman–Crippen LogP) is 4.86. The Hall–Kier alpha value is -3.08. The summed E-state index contributed by atoms with van der Waals surface area (Å²) in [6.07, 6.45) is 6.89. The minimum absolute atomic E-state index is 0.0317. The maximum Gasteiger partial charge on any atom is 0.326 e. The molecule has 5 nitrogen and oxygen atoms in total. The van der Waals surface area contributed by atoms with Crippen molar-refractivity contribution in [3.8, 4) is 5.75 Å². The van der Waals surface area contributed by atoms with E-state index in [2.05, 4.69) is 13.2 Å². The van der Waals surface area contributed by atoms with Crippen LogP contribution < -0.4 is 4.74 Å². The number of ketones is 1. The summed E-state index contributed by atoms with van der Waals surface area (Å²) in [4.78, 5) is 24.3. The lowest BCUT2D eigenvalue weighted by atomic mass is 10.1. The molecular weight excluding hydrogens is 354 g/mol. The number of carbonyl (C=O) groups excluding carboxylic acids is 2. The fourth-order valence-corrected chi connectivity index (χ4v) is 2.78. The van der Waals surface area contributed by atoms with Gasteiger partial charge < -0.3 is 14.0 Å². The molecule has 2 rings (SSSR count). The first-order valence-electron chi connectivity index (χ1n) is 9.07. The van der Waals surface area contributed by atoms with Gasteiger partial charge in [-0.1, -0.05) is 31.4 Å². The van der Waals surface area contributed by atoms with E-state index in [1.165, 1.54) is 6.92 Å². The number of hydrogen-bond acceptors (Lipinski definition) is 4. The number of nitrogens with zero attached hydrogens (tertiary/aromatic N) is 1. The SMILES string of the molecule is C=C/C=C(\C=C)COc1ccc2c(c1)c(C(C)=O)cn2CC(=O)OC(C)(C)C. The van der Waals surface area contributed by atoms with Crippen LogP contribution in [0.4, 0.5) is 0 Å². The highest BCUT2D eigenvalue weighted by Crippen LogP contribution is 2.27. The monoisotopic (exact) mass is 381 g/mol. The van der Waals surface area contributed by atoms with Crippen LogP contribution in [0.25, 0.3) is 10.9 Å². The molecule has 0 N–H and O–H groups in total. The Kier molecular flexibility index (Phi) is 6.62. The van der Waals surface area contributed by atoms with Crippen LogP contribution in [-0.2, 0) is 16.1 Å². The Morgan fingerprint density at radius 3 is 2.50 bits per heavy atom. The second-order valence-electron chi connectivity index (χ2n) is 7.46. The lowest BCUT2D eigenvalue weighted by Gasteiger charge is -2.19. The highest BCUT2D eigenvalue weighted by Gasteiger charge is 2.19. The minimum Gasteiger partial charge on any atom is -0.489 e. The topological polar surface area (TPSA) is 57.5 Å². The molecule has 0 fully saturated rings. The zero-order valence-corrected chi connectivity index (χ0v) is 17.0. The van der Waals surface area contributed by atoms with Crippen LogP contribution in [0.2, 0.25) is 0 Å². The van der Waals surface area contributed by atoms with E-state index in [1.54, 1.807) is 22.9 Å². The van der Waals surface area contributed by atoms with Crippen molar-refractivity contribution in [2.24, 2.45) is 0 Å². The number of esters is 1. The molecular formula is C23H27NO4. The number of carbonyl (C=O) groups is 2. The second kappa shape index (κ2) is 8.74. The average Bonchev–Trinajstić information content (AvgIpc) is 2.95. The lowest BCUT2D eigenvalue weighted by molar-refractivity contribution is -0.155. The van der Waals surface area contributed by atoms with Crippen molar-refractivity contribution in [1.29, 1.82) is 0 Å². The molecule has 1 aromatic carbocycles. The molecule has 0 spiro atoms. The molecule has 0 saturated heterocycles. The van der Waals surface area contributed by atoms with Gasteiger partial charge in [0.1, 0.15) is 24.5 Å². The van der Waals surface area contributed by atoms with E-state index in [9.17, 15) is 9.59 Å². The Balaban J connectivity index is 2.33. The van der Waals surface area contributed by atoms with Crippen molar-refractivity contribution in [3.63, 3.8) is 0 Å². The fourth-order valence-electron chi connectivity index (χ4n) is 2.78. The molecule has 0 aliphatic rings. The number of ether oxygens (including phenoxy) is 2. The van der Waals surface area contributed by atoms with Gasteiger partial charge in [-0.3, -0.25) is 9.59 Å². The van der Waals surface area contributed by atoms with E-state index in [4.69, 9.17) is 9.47 Å². The van der Waals surface area contributed by atoms with Crippen molar-refractivity contribution in [3.05, 3.63) is 66.9 Å². The summed E-state index contributed by atoms with van der Waals surface area (Å²) in [5, 5.41) is 0.737. The number of rotatable bonds is 8. The summed E-state index contributed by atoms with van der Waals surface area (Å²) < 4.78 is 12.9. The van der Waals surface area contributed by atoms with Crippen LogP contribution in [0, 0.1) is 0 Å². The Bertz CT molecular complexity index is 941. The van der Waals surface area contributed by atoms with Gasteiger partial charge in [0, 0.05) is 22.7 Å². The average molecular weight is 381 g/mol. The lowest BCUT2D eigenvalue weighted by Crippen LogP contribution is -2.26. The highest BCUT2D eigenvalue weighted by atomic mass is 16.6. The van der Waals surface area contributed by atoms with Crippen LogP contribution in [0.3, 0.4) is 0 Å². The van der Waals surface area contributed by atoms with E-state index >= 15 is 0 Å². The van der Waals surface area contributed by atoms with Crippen LogP contribution >= 0.6 is 0 Å². The van der Waals surface area contributed by atoms with Crippen LogP contribution in [0.15, 0.2) is 61.4 Å². The minimum atomic E-state index is -0.563. The third-order valence-electron chi connectivity index (χ3n) is 3.95. The van der Waals surface area contributed by atoms with Gasteiger partial charge in [-0.15, -0.1) is 0 Å². The van der Waals surface area contributed by atoms with Gasteiger partial charge >= 0.3 is 5.97 Å². The summed E-state index contributed by atoms with van der Waals surface area (Å²) in [7, 11) is 0. The molecule has 0 bridgehead atoms. The van der Waals surface area contributed by atoms with Crippen LogP contribution in [0.1, 0.15) is 38.1 Å². The molecule has 0 amide bonds. The van der Waals surface area contributed by atoms with Gasteiger partial charge in [-0.05, 0) is 51.5 Å². The van der Waals surface area contributed by atoms with Gasteiger partial charge in [0.2, 0.25) is 0 Å². The van der Waals surface area contributed by atoms with Crippen molar-refractivity contribution in [2.45, 2.75) is 39.8 Å². The summed E-state index contributed by atoms with van der Waals surface area (Å²) in [5.74, 6) is 0.190. The molecule has 1 heterocycles. The van der Waals surface area contributed by atoms with E-state index in [1.807, 2.05) is 45.0 Å². The van der Waals surface area contributed by atoms with Crippen LogP contribution in [0.5, 0.6) is 5.75 Å². The third-order valence-corrected chi connectivity index (χ3v) is 3.95. The molecule has 0 atom stereocenters. The summed E-state index contributed by atoms with van der Waals surface area (Å²) in [6, 6.07) is 5.46. The maximum atomic E-state index is 12.2. The predicted molar refractivity (Wildman–Crippen MR) is 112 cm³/mol. The third kappa shape index (κ3) is 5.46. The van der Waals surface area contributed by atoms with E-state index in [0.717, 1.165) is 16.5 Å². The summed E-state index contributed by atoms with van der Waals surface area (Å²) in [5.41, 5.74) is 1.64. The number of fused-ring (bicyclic) bond motifs is 1. The molecule has 0 radical (unpaired) electrons. The molecule has 5 heteroatoms. The quantitative estimate of drug-likeness (QED) is 0.372. The molecule has 0 aliphatic carbocycles. The standard InChI is InChI=1S/C23H27NO4/c1-7-9-17(8-2)15-27-18-10-11-21-19(12-18)20(16(3)25)13-24(21)14-22(26)28-23(4,5)6/h7-13H,1-2,14-15H2,3-6H3/b17-9+. The van der Waals surface area contributed by atoms with Gasteiger partial charge in [0.15, 0.2) is 5.78 Å². The largest absolute Gasteiger partial charge is 0.489 e. The van der Waals surface area contributed by atoms with E-state index < -0.39 is 5.60 Å². The van der Waals surface area contributed by atoms with Gasteiger partial charge in [0.05, 0.1) is 0 Å². The summed E-state index contributed by atoms with van der Waals surface area (Å²) >= 11 is 0. The zero-order valence-electron chi connectivity index (χ0n) is 17.0. The normalized spacial score (nSPS) is 11.9. The van der Waals surface area contributed by atoms with Crippen molar-refractivity contribution in [1.82, 2.24) is 4.57 Å². The Morgan fingerprint density at radius 2 is 1.93 bits per heavy atom. The number of hydrogen-bond donors (Lipinski definition) is 0. The molecule has 28 heavy (non-hydrogen) atoms. The molecule has 0 saturated carbocycles. The van der Waals surface area contributed by atoms with Gasteiger partial charge in [-0.25, -0.2) is 0 Å². The first-order valence-corrected chi connectivity index (χ1v) is 9.07. The number of benzene rings is 1. The molecule has 148 valence electrons. The maximum absolute atomic E-state index is 12.2. The zero-order chi connectivity index (χ0) is 20.9. The molecule has 0 unspecified atom stereocenters. The first kappa shape index (κ1) is 21.2. The molecule has 0 aliphatic heterocycles. The Labute approximate surface area is 165 Å². The van der Waals surface area contributed by atoms with Crippen LogP contribution in [-0.4, -0.2) is 28.5 Å². The van der Waals surface area contributed by atoms with Crippen molar-refractivity contribution < 1.29 is 19.1 Å². The molecule has 2 aromatic rings. The second-order valence-corrected chi connectivity index (χ2v) is 7.46.